The van der Waals surface area contributed by atoms with Gasteiger partial charge >= 0.3 is 0 Å². The van der Waals surface area contributed by atoms with Crippen LogP contribution in [-0.4, -0.2) is 11.5 Å². The van der Waals surface area contributed by atoms with E-state index in [-0.39, 0.29) is 0 Å². The van der Waals surface area contributed by atoms with Gasteiger partial charge in [0, 0.05) is 53.7 Å². The molecule has 7 aromatic carbocycles. The molecule has 0 bridgehead atoms. The van der Waals surface area contributed by atoms with Crippen LogP contribution >= 0.6 is 11.3 Å². The molecule has 0 saturated heterocycles. The van der Waals surface area contributed by atoms with E-state index < -0.39 is 0 Å². The van der Waals surface area contributed by atoms with E-state index in [1.54, 1.807) is 0 Å². The standard InChI is InChI=1S/C47H28N2OS/c1-3-11-30(12-4-1)32-15-9-16-33(27-32)36-18-10-20-44-46(36)39-24-21-34(29-45(39)51-44)41-26-25-40(31-13-5-2-6-14-31)48-47(49-41)35-22-23-38-37-17-7-8-19-42(37)50-43(38)28-35/h1-24,26-29H. The summed E-state index contributed by atoms with van der Waals surface area (Å²) in [6.45, 7) is 0. The Balaban J connectivity index is 1.10. The van der Waals surface area contributed by atoms with Gasteiger partial charge in [0.1, 0.15) is 16.9 Å². The quantitative estimate of drug-likeness (QED) is 0.168. The van der Waals surface area contributed by atoms with Crippen LogP contribution in [0.5, 0.6) is 0 Å². The van der Waals surface area contributed by atoms with E-state index >= 15 is 0 Å². The first-order chi connectivity index (χ1) is 25.2. The monoisotopic (exact) mass is 668 g/mol. The minimum atomic E-state index is 0.615. The fourth-order valence-electron chi connectivity index (χ4n) is 7.05. The molecular weight excluding hydrogens is 641 g/mol. The van der Waals surface area contributed by atoms with E-state index in [4.69, 9.17) is 14.4 Å². The Morgan fingerprint density at radius 3 is 2.04 bits per heavy atom. The van der Waals surface area contributed by atoms with Crippen LogP contribution in [0.4, 0.5) is 0 Å². The fourth-order valence-corrected chi connectivity index (χ4v) is 8.23. The maximum atomic E-state index is 6.25. The molecule has 0 atom stereocenters. The van der Waals surface area contributed by atoms with Crippen molar-refractivity contribution in [2.45, 2.75) is 0 Å². The number of amidine groups is 1. The van der Waals surface area contributed by atoms with Gasteiger partial charge in [-0.1, -0.05) is 133 Å². The Bertz CT molecular complexity index is 2940. The summed E-state index contributed by atoms with van der Waals surface area (Å²) in [5, 5.41) is 4.69. The summed E-state index contributed by atoms with van der Waals surface area (Å²) in [7, 11) is 0. The molecule has 0 unspecified atom stereocenters. The van der Waals surface area contributed by atoms with Crippen LogP contribution in [0.1, 0.15) is 16.7 Å². The van der Waals surface area contributed by atoms with Crippen molar-refractivity contribution in [1.82, 2.24) is 0 Å². The van der Waals surface area contributed by atoms with Gasteiger partial charge in [0.15, 0.2) is 5.84 Å². The lowest BCUT2D eigenvalue weighted by Gasteiger charge is -2.08. The fraction of sp³-hybridized carbons (Fsp3) is 0. The third kappa shape index (κ3) is 5.22. The van der Waals surface area contributed by atoms with Crippen LogP contribution in [0.15, 0.2) is 190 Å². The van der Waals surface area contributed by atoms with Crippen molar-refractivity contribution < 1.29 is 4.42 Å². The normalized spacial score (nSPS) is 13.1. The van der Waals surface area contributed by atoms with Gasteiger partial charge in [-0.3, -0.25) is 0 Å². The van der Waals surface area contributed by atoms with Gasteiger partial charge in [0.05, 0.1) is 5.71 Å². The smallest absolute Gasteiger partial charge is 0.161 e. The second kappa shape index (κ2) is 12.1. The third-order valence-corrected chi connectivity index (χ3v) is 10.7. The number of benzene rings is 7. The van der Waals surface area contributed by atoms with Crippen molar-refractivity contribution in [1.29, 1.82) is 0 Å². The Hall–Kier alpha value is -6.58. The highest BCUT2D eigenvalue weighted by Gasteiger charge is 2.17. The summed E-state index contributed by atoms with van der Waals surface area (Å²) in [5.74, 6) is 0.615. The summed E-state index contributed by atoms with van der Waals surface area (Å²) in [4.78, 5) is 10.3. The molecule has 51 heavy (non-hydrogen) atoms. The van der Waals surface area contributed by atoms with Crippen molar-refractivity contribution >= 4 is 70.7 Å². The van der Waals surface area contributed by atoms with Crippen LogP contribution < -0.4 is 0 Å². The minimum Gasteiger partial charge on any atom is -0.456 e. The Labute approximate surface area is 298 Å². The van der Waals surface area contributed by atoms with Crippen LogP contribution in [0.3, 0.4) is 0 Å². The van der Waals surface area contributed by atoms with Gasteiger partial charge < -0.3 is 4.42 Å². The molecule has 3 heterocycles. The number of thiophene rings is 1. The van der Waals surface area contributed by atoms with Crippen molar-refractivity contribution in [3.8, 4) is 22.3 Å². The second-order valence-electron chi connectivity index (χ2n) is 12.7. The largest absolute Gasteiger partial charge is 0.456 e. The van der Waals surface area contributed by atoms with Gasteiger partial charge in [-0.25, -0.2) is 9.98 Å². The zero-order valence-electron chi connectivity index (χ0n) is 27.4. The maximum Gasteiger partial charge on any atom is 0.161 e. The van der Waals surface area contributed by atoms with E-state index in [0.717, 1.165) is 50.0 Å². The highest BCUT2D eigenvalue weighted by Crippen LogP contribution is 2.41. The van der Waals surface area contributed by atoms with E-state index in [9.17, 15) is 0 Å². The number of furan rings is 1. The molecule has 0 fully saturated rings. The van der Waals surface area contributed by atoms with Gasteiger partial charge in [-0.15, -0.1) is 11.3 Å². The van der Waals surface area contributed by atoms with Crippen molar-refractivity contribution in [3.05, 3.63) is 192 Å². The zero-order chi connectivity index (χ0) is 33.7. The number of aliphatic imine (C=N–C) groups is 2. The molecule has 0 spiro atoms. The molecule has 0 N–H and O–H groups in total. The zero-order valence-corrected chi connectivity index (χ0v) is 28.2. The Morgan fingerprint density at radius 2 is 1.16 bits per heavy atom. The molecule has 4 heteroatoms. The number of hydrogen-bond acceptors (Lipinski definition) is 4. The number of hydrogen-bond donors (Lipinski definition) is 0. The first-order valence-electron chi connectivity index (χ1n) is 17.0. The molecule has 1 aliphatic heterocycles. The summed E-state index contributed by atoms with van der Waals surface area (Å²) in [6.07, 6.45) is 1.97. The van der Waals surface area contributed by atoms with E-state index in [1.807, 2.05) is 59.9 Å². The molecule has 0 aliphatic carbocycles. The van der Waals surface area contributed by atoms with Gasteiger partial charge in [-0.2, -0.15) is 0 Å². The predicted molar refractivity (Wildman–Crippen MR) is 215 cm³/mol. The van der Waals surface area contributed by atoms with Crippen molar-refractivity contribution in [2.24, 2.45) is 9.98 Å². The van der Waals surface area contributed by atoms with Gasteiger partial charge in [0.25, 0.3) is 0 Å². The predicted octanol–water partition coefficient (Wildman–Crippen LogP) is 12.7. The molecule has 2 aromatic heterocycles. The lowest BCUT2D eigenvalue weighted by Crippen LogP contribution is -2.04. The summed E-state index contributed by atoms with van der Waals surface area (Å²) in [5.41, 5.74) is 14.5. The Morgan fingerprint density at radius 1 is 0.451 bits per heavy atom. The molecule has 0 amide bonds. The average molecular weight is 669 g/mol. The highest BCUT2D eigenvalue weighted by atomic mass is 32.1. The molecular formula is C47H28N2OS. The molecule has 1 aliphatic rings. The van der Waals surface area contributed by atoms with E-state index in [2.05, 4.69) is 127 Å². The topological polar surface area (TPSA) is 37.9 Å². The molecule has 238 valence electrons. The van der Waals surface area contributed by atoms with E-state index in [1.165, 1.54) is 42.4 Å². The van der Waals surface area contributed by atoms with Crippen LogP contribution in [0.25, 0.3) is 70.1 Å². The number of nitrogens with zero attached hydrogens (tertiary/aromatic N) is 2. The van der Waals surface area contributed by atoms with Gasteiger partial charge in [-0.05, 0) is 58.7 Å². The third-order valence-electron chi connectivity index (χ3n) is 9.55. The highest BCUT2D eigenvalue weighted by molar-refractivity contribution is 7.26. The summed E-state index contributed by atoms with van der Waals surface area (Å²) >= 11 is 1.82. The number of fused-ring (bicyclic) bond motifs is 6. The number of rotatable bonds is 5. The van der Waals surface area contributed by atoms with Gasteiger partial charge in [0.2, 0.25) is 0 Å². The minimum absolute atomic E-state index is 0.615. The molecule has 3 nitrogen and oxygen atoms in total. The van der Waals surface area contributed by atoms with Crippen LogP contribution in [0.2, 0.25) is 0 Å². The van der Waals surface area contributed by atoms with Crippen molar-refractivity contribution in [3.63, 3.8) is 0 Å². The molecule has 10 rings (SSSR count). The lowest BCUT2D eigenvalue weighted by molar-refractivity contribution is 0.669. The average Bonchev–Trinajstić information content (AvgIpc) is 3.67. The van der Waals surface area contributed by atoms with E-state index in [0.29, 0.717) is 5.84 Å². The molecule has 0 saturated carbocycles. The number of para-hydroxylation sites is 1. The SMILES string of the molecule is C1=CC(c2ccc3c(c2)sc2cccc(-c4cccc(-c5ccccc5)c4)c23)=NC(c2ccc3c(c2)oc2ccccc23)=NC=1c1ccccc1. The summed E-state index contributed by atoms with van der Waals surface area (Å²) in [6, 6.07) is 57.3. The first-order valence-corrected chi connectivity index (χ1v) is 17.8. The summed E-state index contributed by atoms with van der Waals surface area (Å²) < 4.78 is 8.73. The first kappa shape index (κ1) is 29.3. The second-order valence-corrected chi connectivity index (χ2v) is 13.8. The molecule has 0 radical (unpaired) electrons. The lowest BCUT2D eigenvalue weighted by atomic mass is 9.95. The van der Waals surface area contributed by atoms with Crippen molar-refractivity contribution in [2.75, 3.05) is 0 Å². The Kier molecular flexibility index (Phi) is 6.95. The molecule has 9 aromatic rings. The van der Waals surface area contributed by atoms with Crippen LogP contribution in [-0.2, 0) is 0 Å². The number of allylic oxidation sites excluding steroid dienone is 1. The van der Waals surface area contributed by atoms with Crippen LogP contribution in [0, 0.1) is 0 Å². The maximum absolute atomic E-state index is 6.25.